The first-order valence-electron chi connectivity index (χ1n) is 4.28. The summed E-state index contributed by atoms with van der Waals surface area (Å²) in [6.45, 7) is 1.02. The summed E-state index contributed by atoms with van der Waals surface area (Å²) >= 11 is 0. The Morgan fingerprint density at radius 1 is 1.50 bits per heavy atom. The zero-order valence-corrected chi connectivity index (χ0v) is 7.71. The van der Waals surface area contributed by atoms with Crippen LogP contribution in [0, 0.1) is 0 Å². The van der Waals surface area contributed by atoms with E-state index in [0.717, 1.165) is 18.0 Å². The van der Waals surface area contributed by atoms with Gasteiger partial charge in [0.2, 0.25) is 0 Å². The second-order valence-electron chi connectivity index (χ2n) is 2.85. The molecule has 1 heterocycles. The highest BCUT2D eigenvalue weighted by atomic mass is 16.7. The molecule has 2 N–H and O–H groups in total. The zero-order valence-electron chi connectivity index (χ0n) is 7.71. The van der Waals surface area contributed by atoms with Crippen molar-refractivity contribution in [1.82, 2.24) is 5.32 Å². The van der Waals surface area contributed by atoms with Crippen LogP contribution < -0.4 is 10.4 Å². The molecule has 0 bridgehead atoms. The second-order valence-corrected chi connectivity index (χ2v) is 2.85. The van der Waals surface area contributed by atoms with Crippen molar-refractivity contribution in [3.63, 3.8) is 0 Å². The molecule has 0 radical (unpaired) electrons. The van der Waals surface area contributed by atoms with Gasteiger partial charge < -0.3 is 5.32 Å². The van der Waals surface area contributed by atoms with Crippen LogP contribution in [0.25, 0.3) is 0 Å². The molecule has 0 aromatic heterocycles. The average molecular weight is 169 g/mol. The quantitative estimate of drug-likeness (QED) is 0.593. The third kappa shape index (κ3) is 2.44. The Morgan fingerprint density at radius 3 is 3.00 bits per heavy atom. The monoisotopic (exact) mass is 169 g/mol. The molecule has 0 aliphatic carbocycles. The summed E-state index contributed by atoms with van der Waals surface area (Å²) in [7, 11) is 3.69. The molecule has 1 aliphatic rings. The largest absolute Gasteiger partial charge is 0.319 e. The van der Waals surface area contributed by atoms with Crippen molar-refractivity contribution in [2.45, 2.75) is 12.5 Å². The van der Waals surface area contributed by atoms with Crippen molar-refractivity contribution in [3.05, 3.63) is 24.4 Å². The molecule has 0 aromatic carbocycles. The predicted octanol–water partition coefficient (Wildman–Crippen LogP) is -0.506. The van der Waals surface area contributed by atoms with Crippen LogP contribution in [0.1, 0.15) is 6.42 Å². The summed E-state index contributed by atoms with van der Waals surface area (Å²) in [6.07, 6.45) is 9.38. The number of nitrogens with one attached hydrogen (secondary N) is 2. The standard InChI is InChI=1S/C9H16N2O/c1-10-7-6-9-5-3-4-8-11(9)12-2/h3-5,8-10H,6-7H2,1-2H3/p+1. The SMILES string of the molecule is CNCCC1C=CC=C[NH+]1OC. The molecule has 0 fully saturated rings. The van der Waals surface area contributed by atoms with E-state index in [9.17, 15) is 0 Å². The van der Waals surface area contributed by atoms with Crippen LogP contribution in [0.3, 0.4) is 0 Å². The Balaban J connectivity index is 2.39. The maximum Gasteiger partial charge on any atom is 0.142 e. The highest BCUT2D eigenvalue weighted by Crippen LogP contribution is 1.93. The Kier molecular flexibility index (Phi) is 4.00. The molecule has 3 heteroatoms. The molecule has 0 amide bonds. The van der Waals surface area contributed by atoms with Gasteiger partial charge in [-0.05, 0) is 19.2 Å². The number of hydroxylamine groups is 2. The number of hydrogen-bond donors (Lipinski definition) is 2. The fourth-order valence-electron chi connectivity index (χ4n) is 1.32. The molecule has 1 rings (SSSR count). The van der Waals surface area contributed by atoms with E-state index in [0.29, 0.717) is 6.04 Å². The van der Waals surface area contributed by atoms with E-state index < -0.39 is 0 Å². The van der Waals surface area contributed by atoms with Crippen LogP contribution >= 0.6 is 0 Å². The molecule has 2 atom stereocenters. The molecule has 2 unspecified atom stereocenters. The van der Waals surface area contributed by atoms with Gasteiger partial charge in [0.25, 0.3) is 0 Å². The van der Waals surface area contributed by atoms with E-state index in [4.69, 9.17) is 4.84 Å². The first-order chi connectivity index (χ1) is 5.88. The highest BCUT2D eigenvalue weighted by Gasteiger charge is 2.18. The lowest BCUT2D eigenvalue weighted by Gasteiger charge is -2.20. The molecule has 12 heavy (non-hydrogen) atoms. The molecule has 3 nitrogen and oxygen atoms in total. The molecule has 1 aliphatic heterocycles. The van der Waals surface area contributed by atoms with Gasteiger partial charge in [0.1, 0.15) is 12.2 Å². The lowest BCUT2D eigenvalue weighted by Crippen LogP contribution is -3.10. The molecule has 68 valence electrons. The van der Waals surface area contributed by atoms with Crippen LogP contribution in [0.15, 0.2) is 24.4 Å². The van der Waals surface area contributed by atoms with E-state index >= 15 is 0 Å². The first-order valence-corrected chi connectivity index (χ1v) is 4.28. The van der Waals surface area contributed by atoms with Crippen molar-refractivity contribution in [3.8, 4) is 0 Å². The number of quaternary nitrogens is 1. The summed E-state index contributed by atoms with van der Waals surface area (Å²) in [6, 6.07) is 0.451. The van der Waals surface area contributed by atoms with Crippen molar-refractivity contribution < 1.29 is 9.90 Å². The summed E-state index contributed by atoms with van der Waals surface area (Å²) in [5.41, 5.74) is 0. The van der Waals surface area contributed by atoms with Gasteiger partial charge >= 0.3 is 0 Å². The maximum absolute atomic E-state index is 5.25. The minimum absolute atomic E-state index is 0.451. The van der Waals surface area contributed by atoms with Crippen LogP contribution in [-0.2, 0) is 4.84 Å². The molecular weight excluding hydrogens is 152 g/mol. The summed E-state index contributed by atoms with van der Waals surface area (Å²) in [5, 5.41) is 4.20. The second kappa shape index (κ2) is 5.09. The molecule has 0 spiro atoms. The zero-order chi connectivity index (χ0) is 8.81. The molecule has 0 saturated heterocycles. The molecule has 0 saturated carbocycles. The molecule has 0 aromatic rings. The van der Waals surface area contributed by atoms with E-state index in [1.54, 1.807) is 7.11 Å². The number of rotatable bonds is 4. The summed E-state index contributed by atoms with van der Waals surface area (Å²) < 4.78 is 0. The predicted molar refractivity (Wildman–Crippen MR) is 48.6 cm³/mol. The number of allylic oxidation sites excluding steroid dienone is 2. The van der Waals surface area contributed by atoms with Gasteiger partial charge in [0, 0.05) is 13.0 Å². The van der Waals surface area contributed by atoms with E-state index in [-0.39, 0.29) is 0 Å². The Morgan fingerprint density at radius 2 is 2.33 bits per heavy atom. The van der Waals surface area contributed by atoms with Crippen LogP contribution in [0.5, 0.6) is 0 Å². The van der Waals surface area contributed by atoms with Gasteiger partial charge in [-0.2, -0.15) is 5.06 Å². The van der Waals surface area contributed by atoms with E-state index in [1.807, 2.05) is 19.3 Å². The third-order valence-corrected chi connectivity index (χ3v) is 2.02. The topological polar surface area (TPSA) is 25.7 Å². The Hall–Kier alpha value is -0.640. The van der Waals surface area contributed by atoms with Gasteiger partial charge in [-0.25, -0.2) is 4.84 Å². The smallest absolute Gasteiger partial charge is 0.142 e. The average Bonchev–Trinajstić information content (AvgIpc) is 2.15. The summed E-state index contributed by atoms with van der Waals surface area (Å²) in [4.78, 5) is 5.25. The maximum atomic E-state index is 5.25. The van der Waals surface area contributed by atoms with E-state index in [2.05, 4.69) is 17.5 Å². The minimum Gasteiger partial charge on any atom is -0.319 e. The fourth-order valence-corrected chi connectivity index (χ4v) is 1.32. The van der Waals surface area contributed by atoms with Gasteiger partial charge in [-0.15, -0.1) is 0 Å². The van der Waals surface area contributed by atoms with Crippen molar-refractivity contribution >= 4 is 0 Å². The minimum atomic E-state index is 0.451. The van der Waals surface area contributed by atoms with Gasteiger partial charge in [0.05, 0.1) is 7.11 Å². The normalized spacial score (nSPS) is 27.8. The molecular formula is C9H17N2O+. The first kappa shape index (κ1) is 9.45. The highest BCUT2D eigenvalue weighted by molar-refractivity contribution is 5.05. The lowest BCUT2D eigenvalue weighted by atomic mass is 10.1. The van der Waals surface area contributed by atoms with Crippen LogP contribution in [-0.4, -0.2) is 26.7 Å². The number of hydrogen-bond acceptors (Lipinski definition) is 2. The van der Waals surface area contributed by atoms with Crippen molar-refractivity contribution in [2.24, 2.45) is 0 Å². The van der Waals surface area contributed by atoms with Crippen LogP contribution in [0.4, 0.5) is 0 Å². The van der Waals surface area contributed by atoms with Gasteiger partial charge in [0.15, 0.2) is 0 Å². The van der Waals surface area contributed by atoms with Crippen molar-refractivity contribution in [2.75, 3.05) is 20.7 Å². The fraction of sp³-hybridized carbons (Fsp3) is 0.556. The Labute approximate surface area is 73.7 Å². The van der Waals surface area contributed by atoms with Gasteiger partial charge in [-0.3, -0.25) is 0 Å². The lowest BCUT2D eigenvalue weighted by molar-refractivity contribution is -1.06. The Bertz CT molecular complexity index is 177. The van der Waals surface area contributed by atoms with Crippen molar-refractivity contribution in [1.29, 1.82) is 0 Å². The summed E-state index contributed by atoms with van der Waals surface area (Å²) in [5.74, 6) is 0. The van der Waals surface area contributed by atoms with Crippen LogP contribution in [0.2, 0.25) is 0 Å². The third-order valence-electron chi connectivity index (χ3n) is 2.02. The van der Waals surface area contributed by atoms with E-state index in [1.165, 1.54) is 0 Å². The van der Waals surface area contributed by atoms with Gasteiger partial charge in [-0.1, -0.05) is 6.08 Å².